The summed E-state index contributed by atoms with van der Waals surface area (Å²) < 4.78 is 0. The lowest BCUT2D eigenvalue weighted by Crippen LogP contribution is -2.44. The van der Waals surface area contributed by atoms with Crippen molar-refractivity contribution in [3.63, 3.8) is 0 Å². The molecular formula is C26H24N4O2S. The number of carbonyl (C=O) groups is 2. The Hall–Kier alpha value is -3.63. The number of aryl methyl sites for hydroxylation is 1. The zero-order valence-corrected chi connectivity index (χ0v) is 19.1. The molecule has 2 amide bonds. The number of amides is 2. The summed E-state index contributed by atoms with van der Waals surface area (Å²) in [5.74, 6) is 0.0282. The van der Waals surface area contributed by atoms with Crippen molar-refractivity contribution in [3.8, 4) is 6.07 Å². The minimum atomic E-state index is -0.288. The number of hydrogen-bond donors (Lipinski definition) is 1. The molecule has 6 nitrogen and oxygen atoms in total. The molecule has 1 aromatic heterocycles. The van der Waals surface area contributed by atoms with Crippen LogP contribution in [-0.4, -0.2) is 34.8 Å². The first-order valence-electron chi connectivity index (χ1n) is 10.8. The largest absolute Gasteiger partial charge is 0.338 e. The number of aromatic nitrogens is 1. The number of piperidine rings is 1. The van der Waals surface area contributed by atoms with Crippen molar-refractivity contribution in [2.45, 2.75) is 29.6 Å². The van der Waals surface area contributed by atoms with Crippen molar-refractivity contribution >= 4 is 29.4 Å². The zero-order valence-electron chi connectivity index (χ0n) is 18.3. The topological polar surface area (TPSA) is 86.1 Å². The number of benzene rings is 2. The van der Waals surface area contributed by atoms with Crippen molar-refractivity contribution in [3.05, 3.63) is 83.6 Å². The van der Waals surface area contributed by atoms with Crippen molar-refractivity contribution < 1.29 is 9.59 Å². The molecule has 1 aliphatic heterocycles. The molecular weight excluding hydrogens is 432 g/mol. The molecule has 4 rings (SSSR count). The Morgan fingerprint density at radius 1 is 1.06 bits per heavy atom. The fourth-order valence-electron chi connectivity index (χ4n) is 3.89. The fraction of sp³-hybridized carbons (Fsp3) is 0.231. The lowest BCUT2D eigenvalue weighted by atomic mass is 9.96. The van der Waals surface area contributed by atoms with E-state index in [-0.39, 0.29) is 17.7 Å². The molecule has 2 heterocycles. The number of hydrogen-bond acceptors (Lipinski definition) is 5. The molecule has 1 unspecified atom stereocenters. The first-order valence-corrected chi connectivity index (χ1v) is 11.7. The Labute approximate surface area is 197 Å². The number of anilines is 1. The Bertz CT molecular complexity index is 1220. The van der Waals surface area contributed by atoms with E-state index in [1.165, 1.54) is 11.8 Å². The highest BCUT2D eigenvalue weighted by Gasteiger charge is 2.30. The molecule has 166 valence electrons. The maximum Gasteiger partial charge on any atom is 0.255 e. The van der Waals surface area contributed by atoms with Gasteiger partial charge in [0.2, 0.25) is 5.91 Å². The third kappa shape index (κ3) is 5.41. The molecule has 0 radical (unpaired) electrons. The number of carbonyl (C=O) groups excluding carboxylic acids is 2. The molecule has 0 bridgehead atoms. The maximum absolute atomic E-state index is 13.4. The fourth-order valence-corrected chi connectivity index (χ4v) is 4.90. The molecule has 1 N–H and O–H groups in total. The molecule has 3 aromatic rings. The summed E-state index contributed by atoms with van der Waals surface area (Å²) in [4.78, 5) is 34.0. The summed E-state index contributed by atoms with van der Waals surface area (Å²) in [6, 6.07) is 22.5. The normalized spacial score (nSPS) is 15.5. The van der Waals surface area contributed by atoms with Crippen LogP contribution >= 0.6 is 11.8 Å². The minimum absolute atomic E-state index is 0.0984. The van der Waals surface area contributed by atoms with Crippen LogP contribution in [0.2, 0.25) is 0 Å². The minimum Gasteiger partial charge on any atom is -0.338 e. The zero-order chi connectivity index (χ0) is 23.2. The van der Waals surface area contributed by atoms with E-state index < -0.39 is 0 Å². The summed E-state index contributed by atoms with van der Waals surface area (Å²) in [6.45, 7) is 2.85. The number of nitrogens with zero attached hydrogens (tertiary/aromatic N) is 3. The summed E-state index contributed by atoms with van der Waals surface area (Å²) in [7, 11) is 0. The number of nitrogens with one attached hydrogen (secondary N) is 1. The monoisotopic (exact) mass is 456 g/mol. The van der Waals surface area contributed by atoms with Gasteiger partial charge in [-0.2, -0.15) is 5.26 Å². The number of rotatable bonds is 5. The third-order valence-corrected chi connectivity index (χ3v) is 6.72. The van der Waals surface area contributed by atoms with E-state index in [9.17, 15) is 14.9 Å². The predicted octanol–water partition coefficient (Wildman–Crippen LogP) is 4.90. The second kappa shape index (κ2) is 10.3. The Kier molecular flexibility index (Phi) is 7.06. The molecule has 0 saturated carbocycles. The first kappa shape index (κ1) is 22.6. The molecule has 1 aliphatic rings. The van der Waals surface area contributed by atoms with Gasteiger partial charge in [-0.1, -0.05) is 42.1 Å². The van der Waals surface area contributed by atoms with E-state index in [0.717, 1.165) is 28.3 Å². The van der Waals surface area contributed by atoms with Crippen LogP contribution in [0.3, 0.4) is 0 Å². The summed E-state index contributed by atoms with van der Waals surface area (Å²) in [5.41, 5.74) is 1.99. The van der Waals surface area contributed by atoms with Crippen molar-refractivity contribution in [1.82, 2.24) is 9.88 Å². The molecule has 0 spiro atoms. The van der Waals surface area contributed by atoms with Crippen LogP contribution in [0, 0.1) is 24.2 Å². The van der Waals surface area contributed by atoms with Gasteiger partial charge in [-0.05, 0) is 56.2 Å². The van der Waals surface area contributed by atoms with Gasteiger partial charge in [0.05, 0.1) is 17.0 Å². The molecule has 1 fully saturated rings. The SMILES string of the molecule is Cc1cccc(NC(=O)C2CCCN(C(=O)c3ccccc3Sc3ccccc3C#N)C2)n1. The van der Waals surface area contributed by atoms with Gasteiger partial charge >= 0.3 is 0 Å². The van der Waals surface area contributed by atoms with E-state index in [1.807, 2.05) is 55.5 Å². The van der Waals surface area contributed by atoms with E-state index in [4.69, 9.17) is 0 Å². The smallest absolute Gasteiger partial charge is 0.255 e. The van der Waals surface area contributed by atoms with Crippen molar-refractivity contribution in [2.24, 2.45) is 5.92 Å². The third-order valence-electron chi connectivity index (χ3n) is 5.56. The van der Waals surface area contributed by atoms with E-state index in [2.05, 4.69) is 16.4 Å². The lowest BCUT2D eigenvalue weighted by Gasteiger charge is -2.32. The van der Waals surface area contributed by atoms with Gasteiger partial charge < -0.3 is 10.2 Å². The molecule has 7 heteroatoms. The van der Waals surface area contributed by atoms with Gasteiger partial charge in [-0.15, -0.1) is 0 Å². The van der Waals surface area contributed by atoms with Crippen LogP contribution in [0.1, 0.15) is 34.5 Å². The molecule has 1 atom stereocenters. The van der Waals surface area contributed by atoms with Crippen LogP contribution in [-0.2, 0) is 4.79 Å². The number of likely N-dealkylation sites (tertiary alicyclic amines) is 1. The van der Waals surface area contributed by atoms with E-state index in [1.54, 1.807) is 23.1 Å². The van der Waals surface area contributed by atoms with Crippen LogP contribution in [0.4, 0.5) is 5.82 Å². The first-order chi connectivity index (χ1) is 16.0. The summed E-state index contributed by atoms with van der Waals surface area (Å²) in [5, 5.41) is 12.3. The summed E-state index contributed by atoms with van der Waals surface area (Å²) >= 11 is 1.41. The Balaban J connectivity index is 1.49. The highest BCUT2D eigenvalue weighted by Crippen LogP contribution is 2.33. The Morgan fingerprint density at radius 3 is 2.61 bits per heavy atom. The average Bonchev–Trinajstić information content (AvgIpc) is 2.84. The second-order valence-electron chi connectivity index (χ2n) is 7.95. The summed E-state index contributed by atoms with van der Waals surface area (Å²) in [6.07, 6.45) is 1.49. The highest BCUT2D eigenvalue weighted by atomic mass is 32.2. The second-order valence-corrected chi connectivity index (χ2v) is 9.03. The highest BCUT2D eigenvalue weighted by molar-refractivity contribution is 7.99. The van der Waals surface area contributed by atoms with Crippen LogP contribution < -0.4 is 5.32 Å². The lowest BCUT2D eigenvalue weighted by molar-refractivity contribution is -0.121. The number of nitriles is 1. The van der Waals surface area contributed by atoms with Crippen molar-refractivity contribution in [2.75, 3.05) is 18.4 Å². The molecule has 2 aromatic carbocycles. The van der Waals surface area contributed by atoms with Crippen LogP contribution in [0.25, 0.3) is 0 Å². The number of pyridine rings is 1. The van der Waals surface area contributed by atoms with Gasteiger partial charge in [-0.25, -0.2) is 4.98 Å². The standard InChI is InChI=1S/C26H24N4O2S/c1-18-8-6-14-24(28-18)29-25(31)20-10-7-15-30(17-20)26(32)21-11-3-5-13-23(21)33-22-12-4-2-9-19(22)16-27/h2-6,8-9,11-14,20H,7,10,15,17H2,1H3,(H,28,29,31). The van der Waals surface area contributed by atoms with Gasteiger partial charge in [0.15, 0.2) is 0 Å². The Morgan fingerprint density at radius 2 is 1.82 bits per heavy atom. The quantitative estimate of drug-likeness (QED) is 0.590. The van der Waals surface area contributed by atoms with Crippen LogP contribution in [0.15, 0.2) is 76.5 Å². The van der Waals surface area contributed by atoms with Crippen molar-refractivity contribution in [1.29, 1.82) is 5.26 Å². The predicted molar refractivity (Wildman–Crippen MR) is 128 cm³/mol. The van der Waals surface area contributed by atoms with E-state index >= 15 is 0 Å². The average molecular weight is 457 g/mol. The molecule has 33 heavy (non-hydrogen) atoms. The maximum atomic E-state index is 13.4. The van der Waals surface area contributed by atoms with Crippen LogP contribution in [0.5, 0.6) is 0 Å². The van der Waals surface area contributed by atoms with Gasteiger partial charge in [0, 0.05) is 28.6 Å². The van der Waals surface area contributed by atoms with Gasteiger partial charge in [0.1, 0.15) is 11.9 Å². The molecule has 0 aliphatic carbocycles. The van der Waals surface area contributed by atoms with Gasteiger partial charge in [0.25, 0.3) is 5.91 Å². The van der Waals surface area contributed by atoms with Gasteiger partial charge in [-0.3, -0.25) is 9.59 Å². The van der Waals surface area contributed by atoms with E-state index in [0.29, 0.717) is 30.0 Å². The molecule has 1 saturated heterocycles.